The van der Waals surface area contributed by atoms with Gasteiger partial charge in [0.1, 0.15) is 13.3 Å². The Bertz CT molecular complexity index is 923. The summed E-state index contributed by atoms with van der Waals surface area (Å²) in [6.07, 6.45) is 1.89. The summed E-state index contributed by atoms with van der Waals surface area (Å²) >= 11 is 0. The van der Waals surface area contributed by atoms with E-state index in [0.717, 1.165) is 17.7 Å². The number of ether oxygens (including phenoxy) is 3. The van der Waals surface area contributed by atoms with Gasteiger partial charge in [-0.05, 0) is 56.2 Å². The molecule has 0 unspecified atom stereocenters. The SMILES string of the molecule is CCOC(=O)N(COCCCS(=O)(=O)N[C@H](CC)c1ccc(F)c(OCC2CC2)c1)CC(=O)O. The minimum absolute atomic E-state index is 0.0110. The molecule has 34 heavy (non-hydrogen) atoms. The molecule has 2 rings (SSSR count). The highest BCUT2D eigenvalue weighted by Crippen LogP contribution is 2.31. The molecule has 0 heterocycles. The van der Waals surface area contributed by atoms with E-state index in [0.29, 0.717) is 24.5 Å². The van der Waals surface area contributed by atoms with E-state index in [1.54, 1.807) is 6.92 Å². The van der Waals surface area contributed by atoms with E-state index in [-0.39, 0.29) is 37.9 Å². The highest BCUT2D eigenvalue weighted by Gasteiger charge is 2.24. The second kappa shape index (κ2) is 13.4. The van der Waals surface area contributed by atoms with Gasteiger partial charge in [0, 0.05) is 12.6 Å². The average Bonchev–Trinajstić information content (AvgIpc) is 3.60. The van der Waals surface area contributed by atoms with Crippen molar-refractivity contribution >= 4 is 22.1 Å². The normalized spacial score (nSPS) is 14.4. The average molecular weight is 505 g/mol. The minimum atomic E-state index is -3.69. The van der Waals surface area contributed by atoms with Crippen molar-refractivity contribution in [3.63, 3.8) is 0 Å². The second-order valence-electron chi connectivity index (χ2n) is 8.02. The molecule has 1 aliphatic carbocycles. The predicted molar refractivity (Wildman–Crippen MR) is 121 cm³/mol. The number of benzene rings is 1. The summed E-state index contributed by atoms with van der Waals surface area (Å²) in [5.41, 5.74) is 0.605. The Hall–Kier alpha value is -2.44. The zero-order chi connectivity index (χ0) is 25.1. The standard InChI is InChI=1S/C22H33FN2O8S/c1-3-19(17-8-9-18(23)20(12-17)33-14-16-6-7-16)24-34(29,30)11-5-10-31-15-25(13-21(26)27)22(28)32-4-2/h8-9,12,16,19,24H,3-7,10-11,13-15H2,1-2H3,(H,26,27)/t19-/m1/s1. The number of rotatable bonds is 16. The number of carbonyl (C=O) groups excluding carboxylic acids is 1. The van der Waals surface area contributed by atoms with Gasteiger partial charge in [-0.15, -0.1) is 0 Å². The van der Waals surface area contributed by atoms with Crippen LogP contribution in [0.3, 0.4) is 0 Å². The highest BCUT2D eigenvalue weighted by molar-refractivity contribution is 7.89. The zero-order valence-electron chi connectivity index (χ0n) is 19.5. The lowest BCUT2D eigenvalue weighted by Gasteiger charge is -2.20. The summed E-state index contributed by atoms with van der Waals surface area (Å²) in [7, 11) is -3.69. The maximum atomic E-state index is 14.1. The Morgan fingerprint density at radius 3 is 2.65 bits per heavy atom. The maximum absolute atomic E-state index is 14.1. The Morgan fingerprint density at radius 2 is 2.03 bits per heavy atom. The van der Waals surface area contributed by atoms with Gasteiger partial charge < -0.3 is 19.3 Å². The molecule has 0 radical (unpaired) electrons. The smallest absolute Gasteiger partial charge is 0.412 e. The number of carboxylic acid groups (broad SMARTS) is 1. The van der Waals surface area contributed by atoms with Crippen LogP contribution < -0.4 is 9.46 Å². The lowest BCUT2D eigenvalue weighted by Crippen LogP contribution is -2.38. The maximum Gasteiger partial charge on any atom is 0.412 e. The van der Waals surface area contributed by atoms with Gasteiger partial charge in [0.25, 0.3) is 0 Å². The number of hydrogen-bond donors (Lipinski definition) is 2. The van der Waals surface area contributed by atoms with Crippen molar-refractivity contribution in [1.82, 2.24) is 9.62 Å². The zero-order valence-corrected chi connectivity index (χ0v) is 20.3. The third-order valence-electron chi connectivity index (χ3n) is 5.06. The number of carboxylic acids is 1. The third kappa shape index (κ3) is 9.82. The molecule has 0 bridgehead atoms. The van der Waals surface area contributed by atoms with Gasteiger partial charge >= 0.3 is 12.1 Å². The monoisotopic (exact) mass is 504 g/mol. The van der Waals surface area contributed by atoms with Crippen molar-refractivity contribution in [2.75, 3.05) is 38.8 Å². The Kier molecular flexibility index (Phi) is 11.0. The molecule has 0 saturated heterocycles. The van der Waals surface area contributed by atoms with Crippen LogP contribution in [0.25, 0.3) is 0 Å². The van der Waals surface area contributed by atoms with Crippen molar-refractivity contribution < 1.29 is 41.7 Å². The van der Waals surface area contributed by atoms with E-state index in [2.05, 4.69) is 4.72 Å². The van der Waals surface area contributed by atoms with Crippen LogP contribution in [0, 0.1) is 11.7 Å². The first-order valence-corrected chi connectivity index (χ1v) is 12.9. The first kappa shape index (κ1) is 27.8. The van der Waals surface area contributed by atoms with Crippen LogP contribution in [0.1, 0.15) is 51.1 Å². The van der Waals surface area contributed by atoms with Crippen LogP contribution in [0.4, 0.5) is 9.18 Å². The largest absolute Gasteiger partial charge is 0.490 e. The van der Waals surface area contributed by atoms with Crippen LogP contribution in [-0.2, 0) is 24.3 Å². The van der Waals surface area contributed by atoms with Crippen molar-refractivity contribution in [3.05, 3.63) is 29.6 Å². The molecular formula is C22H33FN2O8S. The molecule has 12 heteroatoms. The van der Waals surface area contributed by atoms with E-state index in [1.807, 2.05) is 6.92 Å². The van der Waals surface area contributed by atoms with E-state index in [9.17, 15) is 22.4 Å². The van der Waals surface area contributed by atoms with Crippen molar-refractivity contribution in [2.45, 2.75) is 45.6 Å². The summed E-state index contributed by atoms with van der Waals surface area (Å²) in [6.45, 7) is 2.99. The molecule has 1 aliphatic rings. The van der Waals surface area contributed by atoms with Crippen LogP contribution >= 0.6 is 0 Å². The third-order valence-corrected chi connectivity index (χ3v) is 6.53. The molecule has 1 saturated carbocycles. The van der Waals surface area contributed by atoms with E-state index in [1.165, 1.54) is 18.2 Å². The second-order valence-corrected chi connectivity index (χ2v) is 9.90. The molecule has 10 nitrogen and oxygen atoms in total. The molecule has 1 aromatic carbocycles. The Labute approximate surface area is 199 Å². The predicted octanol–water partition coefficient (Wildman–Crippen LogP) is 2.89. The minimum Gasteiger partial charge on any atom is -0.490 e. The number of carbonyl (C=O) groups is 2. The van der Waals surface area contributed by atoms with E-state index < -0.39 is 40.5 Å². The highest BCUT2D eigenvalue weighted by atomic mass is 32.2. The number of halogens is 1. The number of hydrogen-bond acceptors (Lipinski definition) is 7. The Balaban J connectivity index is 1.84. The fourth-order valence-corrected chi connectivity index (χ4v) is 4.42. The van der Waals surface area contributed by atoms with Crippen molar-refractivity contribution in [3.8, 4) is 5.75 Å². The molecule has 192 valence electrons. The summed E-state index contributed by atoms with van der Waals surface area (Å²) in [5.74, 6) is -1.38. The van der Waals surface area contributed by atoms with Crippen LogP contribution in [0.2, 0.25) is 0 Å². The molecule has 0 spiro atoms. The molecule has 1 amide bonds. The summed E-state index contributed by atoms with van der Waals surface area (Å²) in [5, 5.41) is 8.88. The topological polar surface area (TPSA) is 131 Å². The lowest BCUT2D eigenvalue weighted by atomic mass is 10.1. The van der Waals surface area contributed by atoms with Gasteiger partial charge in [0.2, 0.25) is 10.0 Å². The summed E-state index contributed by atoms with van der Waals surface area (Å²) in [6, 6.07) is 3.79. The van der Waals surface area contributed by atoms with Gasteiger partial charge in [-0.25, -0.2) is 22.3 Å². The number of sulfonamides is 1. The first-order chi connectivity index (χ1) is 16.1. The molecule has 0 aromatic heterocycles. The number of nitrogens with zero attached hydrogens (tertiary/aromatic N) is 1. The van der Waals surface area contributed by atoms with Gasteiger partial charge in [-0.2, -0.15) is 0 Å². The van der Waals surface area contributed by atoms with Crippen LogP contribution in [0.15, 0.2) is 18.2 Å². The molecular weight excluding hydrogens is 471 g/mol. The van der Waals surface area contributed by atoms with Gasteiger partial charge in [-0.1, -0.05) is 13.0 Å². The Morgan fingerprint density at radius 1 is 1.29 bits per heavy atom. The van der Waals surface area contributed by atoms with Crippen molar-refractivity contribution in [1.29, 1.82) is 0 Å². The van der Waals surface area contributed by atoms with Crippen LogP contribution in [0.5, 0.6) is 5.75 Å². The molecule has 1 atom stereocenters. The van der Waals surface area contributed by atoms with Gasteiger partial charge in [0.15, 0.2) is 11.6 Å². The number of aliphatic carboxylic acids is 1. The fraction of sp³-hybridized carbons (Fsp3) is 0.636. The summed E-state index contributed by atoms with van der Waals surface area (Å²) < 4.78 is 57.4. The van der Waals surface area contributed by atoms with Crippen LogP contribution in [-0.4, -0.2) is 69.3 Å². The van der Waals surface area contributed by atoms with Gasteiger partial charge in [-0.3, -0.25) is 9.69 Å². The molecule has 1 aromatic rings. The quantitative estimate of drug-likeness (QED) is 0.260. The number of nitrogens with one attached hydrogen (secondary N) is 1. The molecule has 2 N–H and O–H groups in total. The van der Waals surface area contributed by atoms with E-state index in [4.69, 9.17) is 19.3 Å². The molecule has 0 aliphatic heterocycles. The molecule has 1 fully saturated rings. The van der Waals surface area contributed by atoms with Crippen molar-refractivity contribution in [2.24, 2.45) is 5.92 Å². The first-order valence-electron chi connectivity index (χ1n) is 11.3. The van der Waals surface area contributed by atoms with E-state index >= 15 is 0 Å². The lowest BCUT2D eigenvalue weighted by molar-refractivity contribution is -0.139. The van der Waals surface area contributed by atoms with Gasteiger partial charge in [0.05, 0.1) is 19.0 Å². The summed E-state index contributed by atoms with van der Waals surface area (Å²) in [4.78, 5) is 23.5. The number of amides is 1. The fourth-order valence-electron chi connectivity index (χ4n) is 3.07.